The van der Waals surface area contributed by atoms with Gasteiger partial charge in [-0.3, -0.25) is 0 Å². The van der Waals surface area contributed by atoms with E-state index in [4.69, 9.17) is 5.73 Å². The number of anilines is 1. The van der Waals surface area contributed by atoms with E-state index in [0.29, 0.717) is 6.54 Å². The molecular weight excluding hydrogens is 210 g/mol. The molecule has 1 aliphatic heterocycles. The summed E-state index contributed by atoms with van der Waals surface area (Å²) in [6.45, 7) is 2.85. The van der Waals surface area contributed by atoms with Gasteiger partial charge in [-0.05, 0) is 35.9 Å². The maximum absolute atomic E-state index is 5.68. The second-order valence-corrected chi connectivity index (χ2v) is 4.59. The van der Waals surface area contributed by atoms with Gasteiger partial charge < -0.3 is 10.6 Å². The second-order valence-electron chi connectivity index (χ2n) is 4.59. The number of fused-ring (bicyclic) bond motifs is 1. The van der Waals surface area contributed by atoms with Crippen molar-refractivity contribution in [3.05, 3.63) is 36.0 Å². The first-order valence-corrected chi connectivity index (χ1v) is 6.21. The van der Waals surface area contributed by atoms with Crippen LogP contribution in [0.2, 0.25) is 0 Å². The molecule has 1 aliphatic rings. The van der Waals surface area contributed by atoms with Crippen molar-refractivity contribution < 1.29 is 0 Å². The average Bonchev–Trinajstić information content (AvgIpc) is 2.91. The minimum atomic E-state index is 0.595. The van der Waals surface area contributed by atoms with Gasteiger partial charge in [0.1, 0.15) is 5.82 Å². The predicted octanol–water partition coefficient (Wildman–Crippen LogP) is 2.29. The summed E-state index contributed by atoms with van der Waals surface area (Å²) >= 11 is 0. The Hall–Kier alpha value is -1.61. The van der Waals surface area contributed by atoms with E-state index in [0.717, 1.165) is 18.9 Å². The van der Waals surface area contributed by atoms with Crippen molar-refractivity contribution in [2.24, 2.45) is 5.73 Å². The van der Waals surface area contributed by atoms with E-state index in [9.17, 15) is 0 Å². The largest absolute Gasteiger partial charge is 0.356 e. The van der Waals surface area contributed by atoms with Crippen LogP contribution in [0.1, 0.15) is 18.4 Å². The molecular formula is C14H17N3. The van der Waals surface area contributed by atoms with Crippen LogP contribution in [0, 0.1) is 0 Å². The zero-order valence-electron chi connectivity index (χ0n) is 9.89. The van der Waals surface area contributed by atoms with Crippen LogP contribution >= 0.6 is 0 Å². The van der Waals surface area contributed by atoms with Crippen LogP contribution in [0.25, 0.3) is 10.8 Å². The maximum atomic E-state index is 5.68. The maximum Gasteiger partial charge on any atom is 0.136 e. The van der Waals surface area contributed by atoms with Gasteiger partial charge in [0.2, 0.25) is 0 Å². The van der Waals surface area contributed by atoms with E-state index in [1.165, 1.54) is 29.2 Å². The first kappa shape index (κ1) is 10.5. The highest BCUT2D eigenvalue weighted by molar-refractivity contribution is 5.92. The number of nitrogens with two attached hydrogens (primary N) is 1. The van der Waals surface area contributed by atoms with Crippen molar-refractivity contribution in [3.63, 3.8) is 0 Å². The van der Waals surface area contributed by atoms with Crippen LogP contribution in [-0.2, 0) is 6.54 Å². The molecule has 0 unspecified atom stereocenters. The summed E-state index contributed by atoms with van der Waals surface area (Å²) in [5.74, 6) is 1.13. The van der Waals surface area contributed by atoms with Crippen molar-refractivity contribution in [1.82, 2.24) is 4.98 Å². The molecule has 3 rings (SSSR count). The van der Waals surface area contributed by atoms with Gasteiger partial charge in [0, 0.05) is 31.2 Å². The van der Waals surface area contributed by atoms with Gasteiger partial charge in [-0.15, -0.1) is 0 Å². The number of rotatable bonds is 2. The Kier molecular flexibility index (Phi) is 2.69. The number of pyridine rings is 1. The van der Waals surface area contributed by atoms with Gasteiger partial charge in [-0.1, -0.05) is 12.1 Å². The van der Waals surface area contributed by atoms with Crippen LogP contribution in [0.4, 0.5) is 5.82 Å². The van der Waals surface area contributed by atoms with Crippen molar-refractivity contribution >= 4 is 16.6 Å². The lowest BCUT2D eigenvalue weighted by atomic mass is 10.1. The molecule has 2 heterocycles. The SMILES string of the molecule is NCc1ccc2c(N3CCCC3)nccc2c1. The Labute approximate surface area is 101 Å². The lowest BCUT2D eigenvalue weighted by Gasteiger charge is -2.18. The topological polar surface area (TPSA) is 42.1 Å². The summed E-state index contributed by atoms with van der Waals surface area (Å²) in [5, 5.41) is 2.48. The van der Waals surface area contributed by atoms with Crippen LogP contribution < -0.4 is 10.6 Å². The molecule has 0 saturated carbocycles. The van der Waals surface area contributed by atoms with E-state index in [1.54, 1.807) is 0 Å². The van der Waals surface area contributed by atoms with Gasteiger partial charge in [-0.25, -0.2) is 4.98 Å². The van der Waals surface area contributed by atoms with Crippen molar-refractivity contribution in [2.75, 3.05) is 18.0 Å². The number of aromatic nitrogens is 1. The molecule has 0 aliphatic carbocycles. The van der Waals surface area contributed by atoms with Crippen LogP contribution in [0.15, 0.2) is 30.5 Å². The van der Waals surface area contributed by atoms with E-state index < -0.39 is 0 Å². The molecule has 2 aromatic rings. The quantitative estimate of drug-likeness (QED) is 0.856. The zero-order valence-corrected chi connectivity index (χ0v) is 9.89. The normalized spacial score (nSPS) is 15.7. The molecule has 0 spiro atoms. The Bertz CT molecular complexity index is 530. The van der Waals surface area contributed by atoms with Crippen molar-refractivity contribution in [3.8, 4) is 0 Å². The number of benzene rings is 1. The Balaban J connectivity index is 2.12. The van der Waals surface area contributed by atoms with E-state index >= 15 is 0 Å². The van der Waals surface area contributed by atoms with E-state index in [1.807, 2.05) is 6.20 Å². The summed E-state index contributed by atoms with van der Waals surface area (Å²) < 4.78 is 0. The molecule has 88 valence electrons. The smallest absolute Gasteiger partial charge is 0.136 e. The monoisotopic (exact) mass is 227 g/mol. The minimum absolute atomic E-state index is 0.595. The first-order chi connectivity index (χ1) is 8.38. The lowest BCUT2D eigenvalue weighted by Crippen LogP contribution is -2.19. The fraction of sp³-hybridized carbons (Fsp3) is 0.357. The molecule has 3 nitrogen and oxygen atoms in total. The molecule has 1 aromatic heterocycles. The van der Waals surface area contributed by atoms with Crippen LogP contribution in [0.3, 0.4) is 0 Å². The Morgan fingerprint density at radius 3 is 2.76 bits per heavy atom. The highest BCUT2D eigenvalue weighted by Gasteiger charge is 2.15. The van der Waals surface area contributed by atoms with E-state index in [2.05, 4.69) is 34.1 Å². The third-order valence-corrected chi connectivity index (χ3v) is 3.45. The summed E-state index contributed by atoms with van der Waals surface area (Å²) in [7, 11) is 0. The van der Waals surface area contributed by atoms with Gasteiger partial charge in [0.15, 0.2) is 0 Å². The van der Waals surface area contributed by atoms with E-state index in [-0.39, 0.29) is 0 Å². The summed E-state index contributed by atoms with van der Waals surface area (Å²) in [6.07, 6.45) is 4.45. The highest BCUT2D eigenvalue weighted by atomic mass is 15.2. The van der Waals surface area contributed by atoms with Gasteiger partial charge in [0.05, 0.1) is 0 Å². The molecule has 2 N–H and O–H groups in total. The Morgan fingerprint density at radius 1 is 1.18 bits per heavy atom. The number of hydrogen-bond acceptors (Lipinski definition) is 3. The summed E-state index contributed by atoms with van der Waals surface area (Å²) in [5.41, 5.74) is 6.85. The number of nitrogens with zero attached hydrogens (tertiary/aromatic N) is 2. The summed E-state index contributed by atoms with van der Waals surface area (Å²) in [6, 6.07) is 8.48. The predicted molar refractivity (Wildman–Crippen MR) is 71.1 cm³/mol. The fourth-order valence-corrected chi connectivity index (χ4v) is 2.52. The lowest BCUT2D eigenvalue weighted by molar-refractivity contribution is 0.946. The molecule has 17 heavy (non-hydrogen) atoms. The molecule has 0 atom stereocenters. The molecule has 1 fully saturated rings. The van der Waals surface area contributed by atoms with Crippen LogP contribution in [-0.4, -0.2) is 18.1 Å². The van der Waals surface area contributed by atoms with Gasteiger partial charge >= 0.3 is 0 Å². The molecule has 0 bridgehead atoms. The van der Waals surface area contributed by atoms with Gasteiger partial charge in [0.25, 0.3) is 0 Å². The van der Waals surface area contributed by atoms with Crippen molar-refractivity contribution in [1.29, 1.82) is 0 Å². The molecule has 0 radical (unpaired) electrons. The van der Waals surface area contributed by atoms with Crippen molar-refractivity contribution in [2.45, 2.75) is 19.4 Å². The highest BCUT2D eigenvalue weighted by Crippen LogP contribution is 2.27. The van der Waals surface area contributed by atoms with Crippen LogP contribution in [0.5, 0.6) is 0 Å². The molecule has 3 heteroatoms. The summed E-state index contributed by atoms with van der Waals surface area (Å²) in [4.78, 5) is 6.92. The molecule has 1 saturated heterocycles. The third kappa shape index (κ3) is 1.87. The molecule has 0 amide bonds. The number of hydrogen-bond donors (Lipinski definition) is 1. The third-order valence-electron chi connectivity index (χ3n) is 3.45. The minimum Gasteiger partial charge on any atom is -0.356 e. The van der Waals surface area contributed by atoms with Gasteiger partial charge in [-0.2, -0.15) is 0 Å². The second kappa shape index (κ2) is 4.34. The first-order valence-electron chi connectivity index (χ1n) is 6.21. The fourth-order valence-electron chi connectivity index (χ4n) is 2.52. The zero-order chi connectivity index (χ0) is 11.7. The average molecular weight is 227 g/mol. The standard InChI is InChI=1S/C14H17N3/c15-10-11-3-4-13-12(9-11)5-6-16-14(13)17-7-1-2-8-17/h3-6,9H,1-2,7-8,10,15H2. The molecule has 1 aromatic carbocycles. The Morgan fingerprint density at radius 2 is 2.00 bits per heavy atom.